The fraction of sp³-hybridized carbons (Fsp3) is 0.278. The maximum absolute atomic E-state index is 11.0. The molecule has 0 saturated heterocycles. The fourth-order valence-corrected chi connectivity index (χ4v) is 4.03. The van der Waals surface area contributed by atoms with E-state index in [0.717, 1.165) is 25.8 Å². The number of nitrogens with two attached hydrogens (primary N) is 1. The van der Waals surface area contributed by atoms with Crippen molar-refractivity contribution in [2.24, 2.45) is 0 Å². The lowest BCUT2D eigenvalue weighted by Gasteiger charge is -2.10. The molecule has 0 atom stereocenters. The lowest BCUT2D eigenvalue weighted by Crippen LogP contribution is -2.06. The second kappa shape index (κ2) is 8.62. The Bertz CT molecular complexity index is 977. The number of hydrogen-bond acceptors (Lipinski definition) is 7. The number of ether oxygens (including phenoxy) is 2. The van der Waals surface area contributed by atoms with Gasteiger partial charge in [0.25, 0.3) is 0 Å². The predicted octanol–water partition coefficient (Wildman–Crippen LogP) is 3.89. The number of nitrogen functional groups attached to an aromatic ring is 1. The highest BCUT2D eigenvalue weighted by Crippen LogP contribution is 2.37. The fourth-order valence-electron chi connectivity index (χ4n) is 2.57. The van der Waals surface area contributed by atoms with Crippen molar-refractivity contribution in [3.8, 4) is 5.75 Å². The molecule has 0 spiro atoms. The molecule has 3 rings (SSSR count). The number of nitrogens with zero attached hydrogens (tertiary/aromatic N) is 3. The predicted molar refractivity (Wildman–Crippen MR) is 108 cm³/mol. The van der Waals surface area contributed by atoms with E-state index in [1.54, 1.807) is 13.3 Å². The van der Waals surface area contributed by atoms with Crippen molar-refractivity contribution in [3.05, 3.63) is 34.9 Å². The van der Waals surface area contributed by atoms with Crippen molar-refractivity contribution in [2.75, 3.05) is 19.5 Å². The summed E-state index contributed by atoms with van der Waals surface area (Å²) in [5.41, 5.74) is 7.56. The maximum atomic E-state index is 11.0. The summed E-state index contributed by atoms with van der Waals surface area (Å²) in [5.74, 6) is 0.867. The molecule has 0 radical (unpaired) electrons. The zero-order valence-electron chi connectivity index (χ0n) is 14.9. The van der Waals surface area contributed by atoms with Gasteiger partial charge >= 0.3 is 5.97 Å². The van der Waals surface area contributed by atoms with E-state index in [1.165, 1.54) is 18.7 Å². The molecule has 0 aliphatic rings. The van der Waals surface area contributed by atoms with Gasteiger partial charge in [-0.2, -0.15) is 0 Å². The number of carbonyl (C=O) groups excluding carboxylic acids is 1. The van der Waals surface area contributed by atoms with Crippen molar-refractivity contribution < 1.29 is 14.3 Å². The molecular formula is C18H19BrN4O3S. The average molecular weight is 451 g/mol. The molecular weight excluding hydrogens is 432 g/mol. The smallest absolute Gasteiger partial charge is 0.302 e. The largest absolute Gasteiger partial charge is 0.497 e. The van der Waals surface area contributed by atoms with Crippen LogP contribution in [0.2, 0.25) is 0 Å². The zero-order chi connectivity index (χ0) is 19.4. The molecule has 0 unspecified atom stereocenters. The average Bonchev–Trinajstić information content (AvgIpc) is 2.99. The Labute approximate surface area is 169 Å². The number of anilines is 1. The Morgan fingerprint density at radius 2 is 2.19 bits per heavy atom. The number of hydrogen-bond donors (Lipinski definition) is 1. The second-order valence-corrected chi connectivity index (χ2v) is 7.57. The van der Waals surface area contributed by atoms with Crippen LogP contribution in [0.4, 0.5) is 5.82 Å². The van der Waals surface area contributed by atoms with E-state index >= 15 is 0 Å². The number of pyridine rings is 1. The number of fused-ring (bicyclic) bond motifs is 1. The van der Waals surface area contributed by atoms with Crippen molar-refractivity contribution >= 4 is 50.5 Å². The summed E-state index contributed by atoms with van der Waals surface area (Å²) < 4.78 is 13.4. The minimum absolute atomic E-state index is 0.283. The second-order valence-electron chi connectivity index (χ2n) is 5.70. The molecule has 0 amide bonds. The number of esters is 1. The summed E-state index contributed by atoms with van der Waals surface area (Å²) in [4.78, 5) is 20.8. The van der Waals surface area contributed by atoms with Gasteiger partial charge < -0.3 is 19.8 Å². The summed E-state index contributed by atoms with van der Waals surface area (Å²) in [5, 5.41) is 0.779. The minimum atomic E-state index is -0.283. The topological polar surface area (TPSA) is 92.3 Å². The summed E-state index contributed by atoms with van der Waals surface area (Å²) >= 11 is 5.07. The van der Waals surface area contributed by atoms with E-state index in [9.17, 15) is 4.79 Å². The first-order chi connectivity index (χ1) is 13.0. The van der Waals surface area contributed by atoms with E-state index in [0.29, 0.717) is 30.9 Å². The van der Waals surface area contributed by atoms with Gasteiger partial charge in [-0.05, 0) is 46.6 Å². The molecule has 9 heteroatoms. The van der Waals surface area contributed by atoms with Crippen LogP contribution < -0.4 is 10.5 Å². The Kier molecular flexibility index (Phi) is 6.22. The molecule has 0 bridgehead atoms. The Balaban J connectivity index is 1.95. The van der Waals surface area contributed by atoms with Crippen LogP contribution in [0, 0.1) is 0 Å². The standard InChI is InChI=1S/C18H19BrN4O3S/c1-11(24)26-9-3-8-23-14-6-7-21-17(20)16(14)22-18(23)27-15-10-12(25-2)4-5-13(15)19/h4-7,10H,3,8-9H2,1-2H3,(H2,20,21). The first kappa shape index (κ1) is 19.5. The van der Waals surface area contributed by atoms with Gasteiger partial charge in [0.1, 0.15) is 11.3 Å². The molecule has 27 heavy (non-hydrogen) atoms. The quantitative estimate of drug-likeness (QED) is 0.430. The van der Waals surface area contributed by atoms with E-state index in [2.05, 4.69) is 30.5 Å². The van der Waals surface area contributed by atoms with Crippen molar-refractivity contribution in [1.29, 1.82) is 0 Å². The van der Waals surface area contributed by atoms with E-state index in [4.69, 9.17) is 15.2 Å². The number of aromatic nitrogens is 3. The van der Waals surface area contributed by atoms with Crippen LogP contribution in [0.5, 0.6) is 5.75 Å². The van der Waals surface area contributed by atoms with Crippen LogP contribution in [0.25, 0.3) is 11.0 Å². The third kappa shape index (κ3) is 4.54. The molecule has 0 aliphatic carbocycles. The molecule has 0 saturated carbocycles. The van der Waals surface area contributed by atoms with Gasteiger partial charge in [0, 0.05) is 29.0 Å². The molecule has 0 fully saturated rings. The summed E-state index contributed by atoms with van der Waals surface area (Å²) in [7, 11) is 1.63. The Morgan fingerprint density at radius 1 is 1.37 bits per heavy atom. The number of carbonyl (C=O) groups is 1. The molecule has 7 nitrogen and oxygen atoms in total. The normalized spacial score (nSPS) is 10.9. The highest BCUT2D eigenvalue weighted by atomic mass is 79.9. The third-order valence-corrected chi connectivity index (χ3v) is 5.84. The summed E-state index contributed by atoms with van der Waals surface area (Å²) in [6.07, 6.45) is 2.33. The summed E-state index contributed by atoms with van der Waals surface area (Å²) in [6.45, 7) is 2.39. The monoisotopic (exact) mass is 450 g/mol. The van der Waals surface area contributed by atoms with Crippen molar-refractivity contribution in [3.63, 3.8) is 0 Å². The molecule has 142 valence electrons. The summed E-state index contributed by atoms with van der Waals surface area (Å²) in [6, 6.07) is 7.65. The van der Waals surface area contributed by atoms with Crippen LogP contribution in [-0.4, -0.2) is 34.2 Å². The Hall–Kier alpha value is -2.26. The van der Waals surface area contributed by atoms with Crippen LogP contribution in [0.15, 0.2) is 45.0 Å². The van der Waals surface area contributed by atoms with Gasteiger partial charge in [-0.25, -0.2) is 9.97 Å². The molecule has 2 aromatic heterocycles. The van der Waals surface area contributed by atoms with Gasteiger partial charge in [0.05, 0.1) is 19.2 Å². The van der Waals surface area contributed by atoms with Gasteiger partial charge in [-0.15, -0.1) is 0 Å². The lowest BCUT2D eigenvalue weighted by atomic mass is 10.3. The van der Waals surface area contributed by atoms with Crippen LogP contribution in [-0.2, 0) is 16.1 Å². The number of aryl methyl sites for hydroxylation is 1. The number of imidazole rings is 1. The minimum Gasteiger partial charge on any atom is -0.497 e. The SMILES string of the molecule is COc1ccc(Br)c(Sc2nc3c(N)nccc3n2CCCOC(C)=O)c1. The van der Waals surface area contributed by atoms with Crippen molar-refractivity contribution in [1.82, 2.24) is 14.5 Å². The molecule has 1 aromatic carbocycles. The number of methoxy groups -OCH3 is 1. The van der Waals surface area contributed by atoms with Crippen LogP contribution in [0.1, 0.15) is 13.3 Å². The van der Waals surface area contributed by atoms with E-state index < -0.39 is 0 Å². The van der Waals surface area contributed by atoms with Gasteiger partial charge in [-0.1, -0.05) is 11.8 Å². The van der Waals surface area contributed by atoms with Gasteiger partial charge in [0.2, 0.25) is 0 Å². The first-order valence-electron chi connectivity index (χ1n) is 8.25. The lowest BCUT2D eigenvalue weighted by molar-refractivity contribution is -0.141. The first-order valence-corrected chi connectivity index (χ1v) is 9.86. The van der Waals surface area contributed by atoms with Crippen molar-refractivity contribution in [2.45, 2.75) is 29.9 Å². The number of benzene rings is 1. The van der Waals surface area contributed by atoms with Crippen LogP contribution in [0.3, 0.4) is 0 Å². The van der Waals surface area contributed by atoms with Gasteiger partial charge in [-0.3, -0.25) is 4.79 Å². The number of rotatable bonds is 7. The van der Waals surface area contributed by atoms with E-state index in [-0.39, 0.29) is 5.97 Å². The van der Waals surface area contributed by atoms with Gasteiger partial charge in [0.15, 0.2) is 11.0 Å². The van der Waals surface area contributed by atoms with E-state index in [1.807, 2.05) is 24.3 Å². The molecule has 2 N–H and O–H groups in total. The van der Waals surface area contributed by atoms with Crippen LogP contribution >= 0.6 is 27.7 Å². The molecule has 0 aliphatic heterocycles. The maximum Gasteiger partial charge on any atom is 0.302 e. The Morgan fingerprint density at radius 3 is 2.93 bits per heavy atom. The molecule has 3 aromatic rings. The zero-order valence-corrected chi connectivity index (χ0v) is 17.3. The third-order valence-electron chi connectivity index (χ3n) is 3.83. The molecule has 2 heterocycles. The highest BCUT2D eigenvalue weighted by molar-refractivity contribution is 9.10. The number of halogens is 1. The highest BCUT2D eigenvalue weighted by Gasteiger charge is 2.16.